The normalized spacial score (nSPS) is 53.4. The fraction of sp³-hybridized carbons (Fsp3) is 0.783. The number of allylic oxidation sites excluding steroid dienone is 4. The van der Waals surface area contributed by atoms with Gasteiger partial charge < -0.3 is 14.6 Å². The maximum absolute atomic E-state index is 11.9. The molecule has 5 rings (SSSR count). The van der Waals surface area contributed by atoms with Crippen LogP contribution >= 0.6 is 0 Å². The van der Waals surface area contributed by atoms with E-state index >= 15 is 0 Å². The number of rotatable bonds is 2. The van der Waals surface area contributed by atoms with E-state index < -0.39 is 0 Å². The first-order valence-corrected chi connectivity index (χ1v) is 10.8. The van der Waals surface area contributed by atoms with Crippen molar-refractivity contribution in [2.45, 2.75) is 83.9 Å². The third-order valence-electron chi connectivity index (χ3n) is 8.55. The van der Waals surface area contributed by atoms with Gasteiger partial charge in [0.15, 0.2) is 12.1 Å². The molecular weight excluding hydrogens is 340 g/mol. The molecular formula is C23H32O4. The first-order chi connectivity index (χ1) is 12.9. The Morgan fingerprint density at radius 1 is 1.30 bits per heavy atom. The van der Waals surface area contributed by atoms with Gasteiger partial charge in [-0.1, -0.05) is 38.8 Å². The van der Waals surface area contributed by atoms with Crippen molar-refractivity contribution in [1.82, 2.24) is 0 Å². The van der Waals surface area contributed by atoms with E-state index in [1.165, 1.54) is 5.57 Å². The number of ketones is 1. The quantitative estimate of drug-likeness (QED) is 0.801. The molecule has 1 heterocycles. The summed E-state index contributed by atoms with van der Waals surface area (Å²) in [5, 5.41) is 11.3. The van der Waals surface area contributed by atoms with Gasteiger partial charge in [0.05, 0.1) is 18.3 Å². The molecule has 3 saturated carbocycles. The van der Waals surface area contributed by atoms with Gasteiger partial charge in [0, 0.05) is 16.7 Å². The summed E-state index contributed by atoms with van der Waals surface area (Å²) in [5.74, 6) is 1.26. The summed E-state index contributed by atoms with van der Waals surface area (Å²) in [7, 11) is 0. The van der Waals surface area contributed by atoms with Crippen molar-refractivity contribution >= 4 is 5.78 Å². The Kier molecular flexibility index (Phi) is 4.03. The summed E-state index contributed by atoms with van der Waals surface area (Å²) in [6.45, 7) is 6.72. The number of carbonyl (C=O) groups is 1. The van der Waals surface area contributed by atoms with Crippen molar-refractivity contribution in [3.63, 3.8) is 0 Å². The molecule has 0 radical (unpaired) electrons. The fourth-order valence-corrected chi connectivity index (χ4v) is 7.41. The number of aliphatic hydroxyl groups excluding tert-OH is 1. The van der Waals surface area contributed by atoms with Crippen LogP contribution in [0.1, 0.15) is 59.3 Å². The minimum atomic E-state index is -0.365. The maximum Gasteiger partial charge on any atom is 0.178 e. The van der Waals surface area contributed by atoms with Crippen LogP contribution in [0.3, 0.4) is 0 Å². The highest BCUT2D eigenvalue weighted by Gasteiger charge is 2.66. The SMILES string of the molecule is CCCC1OC2C[C@H]3C4CCC5=CC(=O)C=CC5(C)[C@H]4C(O)CC3(C)C2O1. The molecule has 4 heteroatoms. The highest BCUT2D eigenvalue weighted by atomic mass is 16.7. The molecule has 0 aromatic heterocycles. The summed E-state index contributed by atoms with van der Waals surface area (Å²) in [6.07, 6.45) is 11.3. The van der Waals surface area contributed by atoms with Gasteiger partial charge in [-0.15, -0.1) is 0 Å². The minimum Gasteiger partial charge on any atom is -0.393 e. The Morgan fingerprint density at radius 3 is 2.89 bits per heavy atom. The fourth-order valence-electron chi connectivity index (χ4n) is 7.41. The minimum absolute atomic E-state index is 0.0144. The van der Waals surface area contributed by atoms with Crippen molar-refractivity contribution in [2.75, 3.05) is 0 Å². The van der Waals surface area contributed by atoms with Gasteiger partial charge >= 0.3 is 0 Å². The van der Waals surface area contributed by atoms with Gasteiger partial charge in [0.25, 0.3) is 0 Å². The van der Waals surface area contributed by atoms with E-state index in [1.807, 2.05) is 6.08 Å². The van der Waals surface area contributed by atoms with Crippen LogP contribution < -0.4 is 0 Å². The predicted octanol–water partition coefficient (Wildman–Crippen LogP) is 3.79. The second-order valence-electron chi connectivity index (χ2n) is 9.99. The Bertz CT molecular complexity index is 711. The zero-order valence-corrected chi connectivity index (χ0v) is 16.7. The molecule has 1 N–H and O–H groups in total. The van der Waals surface area contributed by atoms with Crippen LogP contribution in [0.15, 0.2) is 23.8 Å². The largest absolute Gasteiger partial charge is 0.393 e. The van der Waals surface area contributed by atoms with Gasteiger partial charge in [-0.2, -0.15) is 0 Å². The molecule has 0 spiro atoms. The van der Waals surface area contributed by atoms with E-state index in [2.05, 4.69) is 26.8 Å². The third-order valence-corrected chi connectivity index (χ3v) is 8.55. The lowest BCUT2D eigenvalue weighted by Gasteiger charge is -2.58. The molecule has 4 nitrogen and oxygen atoms in total. The number of fused-ring (bicyclic) bond motifs is 7. The molecule has 7 unspecified atom stereocenters. The molecule has 5 aliphatic rings. The van der Waals surface area contributed by atoms with Crippen LogP contribution in [0, 0.1) is 28.6 Å². The van der Waals surface area contributed by atoms with Crippen molar-refractivity contribution in [3.05, 3.63) is 23.8 Å². The molecule has 27 heavy (non-hydrogen) atoms. The summed E-state index contributed by atoms with van der Waals surface area (Å²) in [6, 6.07) is 0. The van der Waals surface area contributed by atoms with Gasteiger partial charge in [0.2, 0.25) is 0 Å². The zero-order valence-electron chi connectivity index (χ0n) is 16.7. The predicted molar refractivity (Wildman–Crippen MR) is 102 cm³/mol. The molecule has 9 atom stereocenters. The van der Waals surface area contributed by atoms with Crippen LogP contribution in [0.4, 0.5) is 0 Å². The van der Waals surface area contributed by atoms with E-state index in [0.717, 1.165) is 38.5 Å². The van der Waals surface area contributed by atoms with Crippen molar-refractivity contribution in [1.29, 1.82) is 0 Å². The highest BCUT2D eigenvalue weighted by Crippen LogP contribution is 2.66. The average Bonchev–Trinajstić information content (AvgIpc) is 3.12. The summed E-state index contributed by atoms with van der Waals surface area (Å²) >= 11 is 0. The Balaban J connectivity index is 1.46. The smallest absolute Gasteiger partial charge is 0.178 e. The van der Waals surface area contributed by atoms with Crippen LogP contribution in [0.2, 0.25) is 0 Å². The molecule has 0 amide bonds. The second-order valence-corrected chi connectivity index (χ2v) is 9.99. The van der Waals surface area contributed by atoms with Crippen molar-refractivity contribution in [2.24, 2.45) is 28.6 Å². The van der Waals surface area contributed by atoms with Crippen LogP contribution in [-0.2, 0) is 14.3 Å². The van der Waals surface area contributed by atoms with E-state index in [4.69, 9.17) is 9.47 Å². The van der Waals surface area contributed by atoms with Crippen LogP contribution in [-0.4, -0.2) is 35.5 Å². The molecule has 1 saturated heterocycles. The number of hydrogen-bond acceptors (Lipinski definition) is 4. The Labute approximate surface area is 162 Å². The van der Waals surface area contributed by atoms with E-state index in [9.17, 15) is 9.90 Å². The second kappa shape index (κ2) is 6.01. The summed E-state index contributed by atoms with van der Waals surface area (Å²) < 4.78 is 12.6. The maximum atomic E-state index is 11.9. The zero-order chi connectivity index (χ0) is 19.0. The van der Waals surface area contributed by atoms with Crippen molar-refractivity contribution < 1.29 is 19.4 Å². The molecule has 4 aliphatic carbocycles. The summed E-state index contributed by atoms with van der Waals surface area (Å²) in [5.41, 5.74) is 1.01. The number of carbonyl (C=O) groups excluding carboxylic acids is 1. The molecule has 0 bridgehead atoms. The number of hydrogen-bond donors (Lipinski definition) is 1. The average molecular weight is 373 g/mol. The van der Waals surface area contributed by atoms with Gasteiger partial charge in [-0.25, -0.2) is 0 Å². The van der Waals surface area contributed by atoms with Gasteiger partial charge in [-0.3, -0.25) is 4.79 Å². The third kappa shape index (κ3) is 2.42. The molecule has 0 aromatic rings. The monoisotopic (exact) mass is 372 g/mol. The first-order valence-electron chi connectivity index (χ1n) is 10.8. The van der Waals surface area contributed by atoms with E-state index in [-0.39, 0.29) is 47.1 Å². The number of ether oxygens (including phenoxy) is 2. The number of aliphatic hydroxyl groups is 1. The van der Waals surface area contributed by atoms with Gasteiger partial charge in [0.1, 0.15) is 0 Å². The topological polar surface area (TPSA) is 55.8 Å². The van der Waals surface area contributed by atoms with Gasteiger partial charge in [-0.05, 0) is 56.1 Å². The van der Waals surface area contributed by atoms with E-state index in [1.54, 1.807) is 6.08 Å². The van der Waals surface area contributed by atoms with Crippen LogP contribution in [0.25, 0.3) is 0 Å². The molecule has 0 aromatic carbocycles. The first kappa shape index (κ1) is 18.1. The standard InChI is InChI=1S/C23H32O4/c1-4-5-19-26-18-11-16-15-7-6-13-10-14(24)8-9-22(13,2)20(15)17(25)12-23(16,3)21(18)27-19/h8-10,15-21,25H,4-7,11-12H2,1-3H3/t15?,16-,17?,18?,19?,20+,21?,22?,23?/m0/s1. The van der Waals surface area contributed by atoms with E-state index in [0.29, 0.717) is 11.8 Å². The molecule has 148 valence electrons. The Morgan fingerprint density at radius 2 is 2.11 bits per heavy atom. The Hall–Kier alpha value is -0.970. The highest BCUT2D eigenvalue weighted by molar-refractivity contribution is 6.01. The molecule has 4 fully saturated rings. The summed E-state index contributed by atoms with van der Waals surface area (Å²) in [4.78, 5) is 11.9. The lowest BCUT2D eigenvalue weighted by molar-refractivity contribution is -0.160. The lowest BCUT2D eigenvalue weighted by atomic mass is 9.47. The molecule has 1 aliphatic heterocycles. The lowest BCUT2D eigenvalue weighted by Crippen LogP contribution is -2.56. The van der Waals surface area contributed by atoms with Crippen LogP contribution in [0.5, 0.6) is 0 Å². The van der Waals surface area contributed by atoms with Crippen molar-refractivity contribution in [3.8, 4) is 0 Å².